The lowest BCUT2D eigenvalue weighted by Gasteiger charge is -2.23. The average Bonchev–Trinajstić information content (AvgIpc) is 3.34. The molecule has 0 saturated carbocycles. The first-order valence-corrected chi connectivity index (χ1v) is 9.16. The summed E-state index contributed by atoms with van der Waals surface area (Å²) in [6.45, 7) is 0.477. The van der Waals surface area contributed by atoms with Crippen molar-refractivity contribution < 1.29 is 9.72 Å². The Morgan fingerprint density at radius 1 is 1.33 bits per heavy atom. The normalized spacial score (nSPS) is 12.1. The molecule has 0 spiro atoms. The summed E-state index contributed by atoms with van der Waals surface area (Å²) >= 11 is 1.62. The molecule has 0 aliphatic carbocycles. The number of non-ortho nitro benzene ring substituents is 1. The number of aromatic nitrogens is 2. The number of amides is 1. The average molecular weight is 385 g/mol. The lowest BCUT2D eigenvalue weighted by Crippen LogP contribution is -2.34. The van der Waals surface area contributed by atoms with Crippen molar-refractivity contribution in [3.63, 3.8) is 0 Å². The number of hydrogen-bond acceptors (Lipinski definition) is 6. The fraction of sp³-hybridized carbons (Fsp3) is 0.222. The SMILES string of the molecule is CN(C)[C@@H](CNC(=O)c1cnn(-c2ccc([N+](=O)[O-])cc2)c1)c1ccsc1. The summed E-state index contributed by atoms with van der Waals surface area (Å²) in [5.41, 5.74) is 2.24. The highest BCUT2D eigenvalue weighted by molar-refractivity contribution is 7.07. The third-order valence-corrected chi connectivity index (χ3v) is 4.88. The fourth-order valence-electron chi connectivity index (χ4n) is 2.66. The minimum Gasteiger partial charge on any atom is -0.350 e. The van der Waals surface area contributed by atoms with Crippen LogP contribution in [0.5, 0.6) is 0 Å². The van der Waals surface area contributed by atoms with Crippen molar-refractivity contribution >= 4 is 22.9 Å². The molecule has 27 heavy (non-hydrogen) atoms. The Bertz CT molecular complexity index is 919. The molecular formula is C18H19N5O3S. The van der Waals surface area contributed by atoms with Crippen LogP contribution in [0.3, 0.4) is 0 Å². The standard InChI is InChI=1S/C18H19N5O3S/c1-21(2)17(13-7-8-27-12-13)10-19-18(24)14-9-20-22(11-14)15-3-5-16(6-4-15)23(25)26/h3-9,11-12,17H,10H2,1-2H3,(H,19,24)/t17-/m0/s1. The van der Waals surface area contributed by atoms with Crippen molar-refractivity contribution in [3.8, 4) is 5.69 Å². The van der Waals surface area contributed by atoms with Gasteiger partial charge in [0.2, 0.25) is 0 Å². The van der Waals surface area contributed by atoms with Crippen LogP contribution in [0.15, 0.2) is 53.5 Å². The summed E-state index contributed by atoms with van der Waals surface area (Å²) in [5.74, 6) is -0.217. The highest BCUT2D eigenvalue weighted by Crippen LogP contribution is 2.20. The number of nitrogens with zero attached hydrogens (tertiary/aromatic N) is 4. The van der Waals surface area contributed by atoms with Crippen molar-refractivity contribution in [1.82, 2.24) is 20.0 Å². The molecule has 2 aromatic heterocycles. The van der Waals surface area contributed by atoms with Gasteiger partial charge in [-0.25, -0.2) is 4.68 Å². The molecule has 0 bridgehead atoms. The largest absolute Gasteiger partial charge is 0.350 e. The van der Waals surface area contributed by atoms with Crippen LogP contribution < -0.4 is 5.32 Å². The first-order chi connectivity index (χ1) is 13.0. The van der Waals surface area contributed by atoms with Crippen LogP contribution in [0.2, 0.25) is 0 Å². The van der Waals surface area contributed by atoms with Crippen molar-refractivity contribution in [2.24, 2.45) is 0 Å². The van der Waals surface area contributed by atoms with Gasteiger partial charge in [-0.2, -0.15) is 16.4 Å². The van der Waals surface area contributed by atoms with E-state index in [4.69, 9.17) is 0 Å². The van der Waals surface area contributed by atoms with Gasteiger partial charge in [0.1, 0.15) is 0 Å². The topological polar surface area (TPSA) is 93.3 Å². The van der Waals surface area contributed by atoms with Crippen LogP contribution in [-0.4, -0.2) is 46.2 Å². The van der Waals surface area contributed by atoms with Crippen LogP contribution >= 0.6 is 11.3 Å². The number of carbonyl (C=O) groups is 1. The second-order valence-corrected chi connectivity index (χ2v) is 6.97. The minimum absolute atomic E-state index is 0.00651. The van der Waals surface area contributed by atoms with E-state index in [0.29, 0.717) is 17.8 Å². The second kappa shape index (κ2) is 8.11. The lowest BCUT2D eigenvalue weighted by atomic mass is 10.1. The molecule has 3 aromatic rings. The van der Waals surface area contributed by atoms with Crippen molar-refractivity contribution in [3.05, 3.63) is 74.7 Å². The molecular weight excluding hydrogens is 366 g/mol. The van der Waals surface area contributed by atoms with Gasteiger partial charge in [-0.1, -0.05) is 0 Å². The van der Waals surface area contributed by atoms with Crippen LogP contribution in [0.1, 0.15) is 22.0 Å². The molecule has 140 valence electrons. The van der Waals surface area contributed by atoms with E-state index in [1.54, 1.807) is 29.7 Å². The summed E-state index contributed by atoms with van der Waals surface area (Å²) in [5, 5.41) is 21.9. The molecule has 1 atom stereocenters. The summed E-state index contributed by atoms with van der Waals surface area (Å²) < 4.78 is 1.51. The van der Waals surface area contributed by atoms with Gasteiger partial charge >= 0.3 is 0 Å². The Balaban J connectivity index is 1.67. The molecule has 0 aliphatic rings. The first kappa shape index (κ1) is 18.7. The summed E-state index contributed by atoms with van der Waals surface area (Å²) in [4.78, 5) is 24.8. The molecule has 1 aromatic carbocycles. The Morgan fingerprint density at radius 2 is 2.07 bits per heavy atom. The highest BCUT2D eigenvalue weighted by atomic mass is 32.1. The Morgan fingerprint density at radius 3 is 2.67 bits per heavy atom. The monoisotopic (exact) mass is 385 g/mol. The minimum atomic E-state index is -0.458. The van der Waals surface area contributed by atoms with Gasteiger partial charge < -0.3 is 10.2 Å². The maximum atomic E-state index is 12.5. The maximum Gasteiger partial charge on any atom is 0.269 e. The fourth-order valence-corrected chi connectivity index (χ4v) is 3.37. The third-order valence-electron chi connectivity index (χ3n) is 4.18. The molecule has 1 amide bonds. The van der Waals surface area contributed by atoms with Crippen LogP contribution in [0.25, 0.3) is 5.69 Å². The van der Waals surface area contributed by atoms with Crippen LogP contribution in [0.4, 0.5) is 5.69 Å². The summed E-state index contributed by atoms with van der Waals surface area (Å²) in [7, 11) is 3.95. The number of rotatable bonds is 7. The van der Waals surface area contributed by atoms with Crippen molar-refractivity contribution in [1.29, 1.82) is 0 Å². The van der Waals surface area contributed by atoms with Gasteiger partial charge in [-0.15, -0.1) is 0 Å². The highest BCUT2D eigenvalue weighted by Gasteiger charge is 2.17. The van der Waals surface area contributed by atoms with Gasteiger partial charge in [0, 0.05) is 24.9 Å². The number of benzene rings is 1. The number of nitro benzene ring substituents is 1. The molecule has 0 aliphatic heterocycles. The number of carbonyl (C=O) groups excluding carboxylic acids is 1. The number of nitrogens with one attached hydrogen (secondary N) is 1. The van der Waals surface area contributed by atoms with E-state index in [1.165, 1.54) is 23.0 Å². The molecule has 0 radical (unpaired) electrons. The quantitative estimate of drug-likeness (QED) is 0.499. The smallest absolute Gasteiger partial charge is 0.269 e. The van der Waals surface area contributed by atoms with E-state index in [1.807, 2.05) is 25.5 Å². The van der Waals surface area contributed by atoms with E-state index < -0.39 is 4.92 Å². The van der Waals surface area contributed by atoms with Gasteiger partial charge in [-0.3, -0.25) is 14.9 Å². The number of likely N-dealkylation sites (N-methyl/N-ethyl adjacent to an activating group) is 1. The molecule has 0 fully saturated rings. The van der Waals surface area contributed by atoms with E-state index in [-0.39, 0.29) is 17.6 Å². The summed E-state index contributed by atoms with van der Waals surface area (Å²) in [6.07, 6.45) is 3.08. The molecule has 2 heterocycles. The van der Waals surface area contributed by atoms with E-state index in [2.05, 4.69) is 20.7 Å². The predicted molar refractivity (Wildman–Crippen MR) is 103 cm³/mol. The Kier molecular flexibility index (Phi) is 5.63. The molecule has 0 unspecified atom stereocenters. The molecule has 9 heteroatoms. The number of nitro groups is 1. The van der Waals surface area contributed by atoms with Crippen LogP contribution in [-0.2, 0) is 0 Å². The number of hydrogen-bond donors (Lipinski definition) is 1. The van der Waals surface area contributed by atoms with Gasteiger partial charge in [0.25, 0.3) is 11.6 Å². The molecule has 3 rings (SSSR count). The Labute approximate surface area is 160 Å². The molecule has 1 N–H and O–H groups in total. The zero-order chi connectivity index (χ0) is 19.4. The van der Waals surface area contributed by atoms with E-state index >= 15 is 0 Å². The van der Waals surface area contributed by atoms with Gasteiger partial charge in [-0.05, 0) is 48.6 Å². The third kappa shape index (κ3) is 4.39. The second-order valence-electron chi connectivity index (χ2n) is 6.19. The zero-order valence-electron chi connectivity index (χ0n) is 14.9. The van der Waals surface area contributed by atoms with Crippen molar-refractivity contribution in [2.75, 3.05) is 20.6 Å². The molecule has 0 saturated heterocycles. The lowest BCUT2D eigenvalue weighted by molar-refractivity contribution is -0.384. The van der Waals surface area contributed by atoms with Crippen LogP contribution in [0, 0.1) is 10.1 Å². The first-order valence-electron chi connectivity index (χ1n) is 8.22. The van der Waals surface area contributed by atoms with Gasteiger partial charge in [0.15, 0.2) is 0 Å². The number of thiophene rings is 1. The molecule has 8 nitrogen and oxygen atoms in total. The maximum absolute atomic E-state index is 12.5. The summed E-state index contributed by atoms with van der Waals surface area (Å²) in [6, 6.07) is 8.12. The zero-order valence-corrected chi connectivity index (χ0v) is 15.7. The Hall–Kier alpha value is -3.04. The van der Waals surface area contributed by atoms with Crippen molar-refractivity contribution in [2.45, 2.75) is 6.04 Å². The van der Waals surface area contributed by atoms with Gasteiger partial charge in [0.05, 0.1) is 28.4 Å². The predicted octanol–water partition coefficient (Wildman–Crippen LogP) is 2.87. The van der Waals surface area contributed by atoms with E-state index in [9.17, 15) is 14.9 Å². The van der Waals surface area contributed by atoms with E-state index in [0.717, 1.165) is 5.56 Å².